The van der Waals surface area contributed by atoms with Gasteiger partial charge in [0.1, 0.15) is 6.54 Å². The number of carboxylic acid groups (broad SMARTS) is 1. The Morgan fingerprint density at radius 1 is 1.21 bits per heavy atom. The molecule has 0 spiro atoms. The molecule has 0 aliphatic carbocycles. The molecule has 1 aromatic rings. The van der Waals surface area contributed by atoms with Gasteiger partial charge in [-0.25, -0.2) is 0 Å². The number of amides is 2. The number of hydrogen-bond donors (Lipinski definition) is 2. The Hall–Kier alpha value is -2.37. The summed E-state index contributed by atoms with van der Waals surface area (Å²) in [5, 5.41) is 11.3. The van der Waals surface area contributed by atoms with E-state index in [0.717, 1.165) is 0 Å². The van der Waals surface area contributed by atoms with Crippen molar-refractivity contribution in [2.45, 2.75) is 13.3 Å². The predicted octanol–water partition coefficient (Wildman–Crippen LogP) is 0.630. The van der Waals surface area contributed by atoms with Gasteiger partial charge in [-0.1, -0.05) is 18.2 Å². The number of nitrogens with one attached hydrogen (secondary N) is 1. The van der Waals surface area contributed by atoms with Gasteiger partial charge in [0.15, 0.2) is 0 Å². The summed E-state index contributed by atoms with van der Waals surface area (Å²) in [7, 11) is 0. The van der Waals surface area contributed by atoms with Crippen LogP contribution in [0.5, 0.6) is 0 Å². The number of anilines is 1. The number of carbonyl (C=O) groups is 3. The van der Waals surface area contributed by atoms with Crippen molar-refractivity contribution < 1.29 is 19.5 Å². The largest absolute Gasteiger partial charge is 0.480 e. The Bertz CT molecular complexity index is 459. The molecule has 0 saturated carbocycles. The molecule has 0 aromatic heterocycles. The fraction of sp³-hybridized carbons (Fsp3) is 0.308. The molecule has 0 radical (unpaired) electrons. The van der Waals surface area contributed by atoms with E-state index in [1.165, 1.54) is 11.8 Å². The van der Waals surface area contributed by atoms with Crippen LogP contribution in [0, 0.1) is 0 Å². The van der Waals surface area contributed by atoms with Crippen molar-refractivity contribution in [3.8, 4) is 0 Å². The molecule has 1 rings (SSSR count). The first-order chi connectivity index (χ1) is 9.00. The fourth-order valence-corrected chi connectivity index (χ4v) is 1.55. The van der Waals surface area contributed by atoms with Gasteiger partial charge in [-0.05, 0) is 12.1 Å². The molecule has 0 fully saturated rings. The molecular weight excluding hydrogens is 248 g/mol. The lowest BCUT2D eigenvalue weighted by Crippen LogP contribution is -2.37. The van der Waals surface area contributed by atoms with Crippen molar-refractivity contribution >= 4 is 23.5 Å². The molecule has 0 saturated heterocycles. The molecule has 0 atom stereocenters. The van der Waals surface area contributed by atoms with Crippen LogP contribution < -0.4 is 10.2 Å². The number of hydrogen-bond acceptors (Lipinski definition) is 3. The summed E-state index contributed by atoms with van der Waals surface area (Å²) in [4.78, 5) is 34.7. The molecular formula is C13H16N2O4. The Labute approximate surface area is 111 Å². The van der Waals surface area contributed by atoms with Gasteiger partial charge in [0.05, 0.1) is 0 Å². The highest BCUT2D eigenvalue weighted by Gasteiger charge is 2.18. The van der Waals surface area contributed by atoms with Crippen molar-refractivity contribution in [1.29, 1.82) is 0 Å². The van der Waals surface area contributed by atoms with Crippen LogP contribution >= 0.6 is 0 Å². The van der Waals surface area contributed by atoms with Crippen LogP contribution in [-0.4, -0.2) is 36.0 Å². The van der Waals surface area contributed by atoms with Crippen LogP contribution in [0.15, 0.2) is 30.3 Å². The minimum absolute atomic E-state index is 0.0573. The molecule has 0 bridgehead atoms. The van der Waals surface area contributed by atoms with Crippen molar-refractivity contribution in [1.82, 2.24) is 5.32 Å². The molecule has 1 aromatic carbocycles. The Balaban J connectivity index is 2.71. The highest BCUT2D eigenvalue weighted by atomic mass is 16.4. The van der Waals surface area contributed by atoms with Crippen LogP contribution in [0.1, 0.15) is 13.3 Å². The number of rotatable bonds is 6. The minimum atomic E-state index is -1.09. The Morgan fingerprint density at radius 2 is 1.84 bits per heavy atom. The van der Waals surface area contributed by atoms with E-state index in [1.807, 2.05) is 0 Å². The summed E-state index contributed by atoms with van der Waals surface area (Å²) in [6.45, 7) is 1.15. The second kappa shape index (κ2) is 7.15. The second-order valence-corrected chi connectivity index (χ2v) is 3.94. The first kappa shape index (κ1) is 14.7. The molecule has 6 heteroatoms. The first-order valence-electron chi connectivity index (χ1n) is 5.82. The Morgan fingerprint density at radius 3 is 2.37 bits per heavy atom. The van der Waals surface area contributed by atoms with E-state index >= 15 is 0 Å². The van der Waals surface area contributed by atoms with E-state index in [1.54, 1.807) is 30.3 Å². The summed E-state index contributed by atoms with van der Waals surface area (Å²) in [5.41, 5.74) is 0.526. The maximum Gasteiger partial charge on any atom is 0.323 e. The molecule has 2 N–H and O–H groups in total. The SMILES string of the molecule is CC(=O)NCCC(=O)N(CC(=O)O)c1ccccc1. The highest BCUT2D eigenvalue weighted by molar-refractivity contribution is 5.97. The normalized spacial score (nSPS) is 9.74. The molecule has 2 amide bonds. The van der Waals surface area contributed by atoms with Gasteiger partial charge >= 0.3 is 5.97 Å². The number of carbonyl (C=O) groups excluding carboxylic acids is 2. The van der Waals surface area contributed by atoms with Crippen molar-refractivity contribution in [2.24, 2.45) is 0 Å². The summed E-state index contributed by atoms with van der Waals surface area (Å²) >= 11 is 0. The molecule has 0 aliphatic rings. The van der Waals surface area contributed by atoms with Gasteiger partial charge in [0.2, 0.25) is 11.8 Å². The smallest absolute Gasteiger partial charge is 0.323 e. The third kappa shape index (κ3) is 5.20. The summed E-state index contributed by atoms with van der Waals surface area (Å²) < 4.78 is 0. The standard InChI is InChI=1S/C13H16N2O4/c1-10(16)14-8-7-12(17)15(9-13(18)19)11-5-3-2-4-6-11/h2-6H,7-9H2,1H3,(H,14,16)(H,18,19). The van der Waals surface area contributed by atoms with E-state index in [-0.39, 0.29) is 24.8 Å². The predicted molar refractivity (Wildman–Crippen MR) is 69.7 cm³/mol. The van der Waals surface area contributed by atoms with Crippen molar-refractivity contribution in [3.63, 3.8) is 0 Å². The van der Waals surface area contributed by atoms with E-state index < -0.39 is 12.5 Å². The molecule has 0 aliphatic heterocycles. The van der Waals surface area contributed by atoms with Crippen LogP contribution in [-0.2, 0) is 14.4 Å². The van der Waals surface area contributed by atoms with Crippen LogP contribution in [0.3, 0.4) is 0 Å². The summed E-state index contributed by atoms with van der Waals surface area (Å²) in [5.74, 6) is -1.66. The van der Waals surface area contributed by atoms with E-state index in [0.29, 0.717) is 5.69 Å². The van der Waals surface area contributed by atoms with Gasteiger partial charge in [0.25, 0.3) is 0 Å². The quantitative estimate of drug-likeness (QED) is 0.789. The maximum atomic E-state index is 12.0. The lowest BCUT2D eigenvalue weighted by Gasteiger charge is -2.20. The van der Waals surface area contributed by atoms with E-state index in [4.69, 9.17) is 5.11 Å². The van der Waals surface area contributed by atoms with Crippen LogP contribution in [0.25, 0.3) is 0 Å². The monoisotopic (exact) mass is 264 g/mol. The number of carboxylic acids is 1. The number of nitrogens with zero attached hydrogens (tertiary/aromatic N) is 1. The molecule has 0 heterocycles. The van der Waals surface area contributed by atoms with E-state index in [2.05, 4.69) is 5.32 Å². The average Bonchev–Trinajstić information content (AvgIpc) is 2.36. The number of para-hydroxylation sites is 1. The lowest BCUT2D eigenvalue weighted by atomic mass is 10.2. The van der Waals surface area contributed by atoms with Crippen molar-refractivity contribution in [2.75, 3.05) is 18.0 Å². The van der Waals surface area contributed by atoms with Gasteiger partial charge in [-0.15, -0.1) is 0 Å². The highest BCUT2D eigenvalue weighted by Crippen LogP contribution is 2.14. The number of aliphatic carboxylic acids is 1. The lowest BCUT2D eigenvalue weighted by molar-refractivity contribution is -0.136. The molecule has 0 unspecified atom stereocenters. The zero-order valence-corrected chi connectivity index (χ0v) is 10.6. The third-order valence-corrected chi connectivity index (χ3v) is 2.38. The van der Waals surface area contributed by atoms with Crippen LogP contribution in [0.4, 0.5) is 5.69 Å². The van der Waals surface area contributed by atoms with Gasteiger partial charge in [-0.3, -0.25) is 14.4 Å². The van der Waals surface area contributed by atoms with Crippen LogP contribution in [0.2, 0.25) is 0 Å². The molecule has 6 nitrogen and oxygen atoms in total. The molecule has 19 heavy (non-hydrogen) atoms. The third-order valence-electron chi connectivity index (χ3n) is 2.38. The maximum absolute atomic E-state index is 12.0. The first-order valence-corrected chi connectivity index (χ1v) is 5.82. The second-order valence-electron chi connectivity index (χ2n) is 3.94. The van der Waals surface area contributed by atoms with Gasteiger partial charge < -0.3 is 15.3 Å². The van der Waals surface area contributed by atoms with E-state index in [9.17, 15) is 14.4 Å². The topological polar surface area (TPSA) is 86.7 Å². The summed E-state index contributed by atoms with van der Waals surface area (Å²) in [6.07, 6.45) is 0.0573. The minimum Gasteiger partial charge on any atom is -0.480 e. The number of benzene rings is 1. The van der Waals surface area contributed by atoms with Crippen molar-refractivity contribution in [3.05, 3.63) is 30.3 Å². The Kier molecular flexibility index (Phi) is 5.53. The van der Waals surface area contributed by atoms with Gasteiger partial charge in [-0.2, -0.15) is 0 Å². The summed E-state index contributed by atoms with van der Waals surface area (Å²) in [6, 6.07) is 8.57. The van der Waals surface area contributed by atoms with Gasteiger partial charge in [0, 0.05) is 25.6 Å². The zero-order chi connectivity index (χ0) is 14.3. The molecule has 102 valence electrons. The zero-order valence-electron chi connectivity index (χ0n) is 10.6. The average molecular weight is 264 g/mol. The fourth-order valence-electron chi connectivity index (χ4n) is 1.55.